The third kappa shape index (κ3) is 5.00. The van der Waals surface area contributed by atoms with E-state index in [4.69, 9.17) is 9.47 Å². The number of amides is 1. The average molecular weight is 482 g/mol. The molecule has 9 heteroatoms. The quantitative estimate of drug-likeness (QED) is 0.509. The molecule has 0 fully saturated rings. The maximum atomic E-state index is 13.0. The molecule has 8 nitrogen and oxygen atoms in total. The first-order valence-electron chi connectivity index (χ1n) is 10.8. The van der Waals surface area contributed by atoms with Gasteiger partial charge in [-0.2, -0.15) is 0 Å². The Morgan fingerprint density at radius 2 is 1.71 bits per heavy atom. The van der Waals surface area contributed by atoms with E-state index in [9.17, 15) is 13.2 Å². The molecule has 2 N–H and O–H groups in total. The lowest BCUT2D eigenvalue weighted by atomic mass is 9.94. The smallest absolute Gasteiger partial charge is 0.264 e. The molecule has 1 amide bonds. The van der Waals surface area contributed by atoms with Gasteiger partial charge in [0, 0.05) is 18.3 Å². The number of nitrogens with zero attached hydrogens (tertiary/aromatic N) is 1. The zero-order valence-electron chi connectivity index (χ0n) is 19.2. The van der Waals surface area contributed by atoms with Crippen molar-refractivity contribution in [1.82, 2.24) is 5.32 Å². The van der Waals surface area contributed by atoms with Crippen LogP contribution in [0.25, 0.3) is 0 Å². The fourth-order valence-electron chi connectivity index (χ4n) is 3.56. The Bertz CT molecular complexity index is 1290. The molecule has 0 radical (unpaired) electrons. The zero-order valence-corrected chi connectivity index (χ0v) is 20.1. The molecular weight excluding hydrogens is 454 g/mol. The van der Waals surface area contributed by atoms with Crippen LogP contribution in [0.5, 0.6) is 11.5 Å². The molecule has 3 aromatic carbocycles. The van der Waals surface area contributed by atoms with Crippen molar-refractivity contribution in [3.63, 3.8) is 0 Å². The number of hydrogen-bond donors (Lipinski definition) is 2. The van der Waals surface area contributed by atoms with Gasteiger partial charge in [-0.25, -0.2) is 8.42 Å². The number of fused-ring (bicyclic) bond motifs is 1. The highest BCUT2D eigenvalue weighted by Crippen LogP contribution is 2.35. The molecule has 4 rings (SSSR count). The topological polar surface area (TPSA) is 97.0 Å². The summed E-state index contributed by atoms with van der Waals surface area (Å²) in [4.78, 5) is 12.7. The van der Waals surface area contributed by atoms with Crippen molar-refractivity contribution >= 4 is 27.3 Å². The lowest BCUT2D eigenvalue weighted by Gasteiger charge is -2.27. The highest BCUT2D eigenvalue weighted by atomic mass is 32.2. The van der Waals surface area contributed by atoms with Crippen molar-refractivity contribution in [2.24, 2.45) is 0 Å². The number of ether oxygens (including phenoxy) is 2. The van der Waals surface area contributed by atoms with E-state index in [1.807, 2.05) is 38.1 Å². The van der Waals surface area contributed by atoms with Crippen molar-refractivity contribution in [1.29, 1.82) is 0 Å². The van der Waals surface area contributed by atoms with Crippen LogP contribution in [0.2, 0.25) is 0 Å². The van der Waals surface area contributed by atoms with E-state index in [2.05, 4.69) is 10.6 Å². The molecule has 1 aliphatic heterocycles. The number of sulfonamides is 1. The number of nitrogens with one attached hydrogen (secondary N) is 2. The maximum Gasteiger partial charge on any atom is 0.264 e. The first-order chi connectivity index (χ1) is 16.2. The van der Waals surface area contributed by atoms with Crippen molar-refractivity contribution in [2.45, 2.75) is 24.3 Å². The van der Waals surface area contributed by atoms with E-state index < -0.39 is 15.6 Å². The van der Waals surface area contributed by atoms with Gasteiger partial charge in [-0.05, 0) is 61.9 Å². The monoisotopic (exact) mass is 481 g/mol. The highest BCUT2D eigenvalue weighted by molar-refractivity contribution is 7.92. The lowest BCUT2D eigenvalue weighted by Crippen LogP contribution is -2.41. The molecule has 0 saturated heterocycles. The fraction of sp³-hybridized carbons (Fsp3) is 0.240. The van der Waals surface area contributed by atoms with Crippen LogP contribution >= 0.6 is 0 Å². The summed E-state index contributed by atoms with van der Waals surface area (Å²) in [5.41, 5.74) is 1.38. The number of carbonyl (C=O) groups excluding carboxylic acids is 1. The molecule has 34 heavy (non-hydrogen) atoms. The van der Waals surface area contributed by atoms with Crippen molar-refractivity contribution in [3.8, 4) is 11.5 Å². The zero-order chi connectivity index (χ0) is 24.3. The van der Waals surface area contributed by atoms with E-state index in [1.165, 1.54) is 23.5 Å². The van der Waals surface area contributed by atoms with Crippen molar-refractivity contribution in [3.05, 3.63) is 78.4 Å². The van der Waals surface area contributed by atoms with E-state index in [1.54, 1.807) is 36.4 Å². The molecule has 0 spiro atoms. The largest absolute Gasteiger partial charge is 0.454 e. The first kappa shape index (κ1) is 23.6. The van der Waals surface area contributed by atoms with Crippen molar-refractivity contribution in [2.75, 3.05) is 30.0 Å². The molecule has 0 saturated carbocycles. The Morgan fingerprint density at radius 3 is 2.47 bits per heavy atom. The summed E-state index contributed by atoms with van der Waals surface area (Å²) in [5, 5.41) is 6.01. The summed E-state index contributed by atoms with van der Waals surface area (Å²) in [7, 11) is -2.28. The molecule has 178 valence electrons. The Labute approximate surface area is 199 Å². The molecular formula is C25H27N3O5S. The average Bonchev–Trinajstić information content (AvgIpc) is 3.31. The number of anilines is 2. The van der Waals surface area contributed by atoms with Gasteiger partial charge >= 0.3 is 0 Å². The molecule has 0 atom stereocenters. The van der Waals surface area contributed by atoms with Crippen LogP contribution in [-0.2, 0) is 20.4 Å². The summed E-state index contributed by atoms with van der Waals surface area (Å²) in [5.74, 6) is 1.08. The first-order valence-corrected chi connectivity index (χ1v) is 12.2. The Morgan fingerprint density at radius 1 is 0.971 bits per heavy atom. The third-order valence-corrected chi connectivity index (χ3v) is 7.46. The van der Waals surface area contributed by atoms with E-state index >= 15 is 0 Å². The minimum Gasteiger partial charge on any atom is -0.454 e. The molecule has 1 heterocycles. The predicted molar refractivity (Wildman–Crippen MR) is 131 cm³/mol. The fourth-order valence-corrected chi connectivity index (χ4v) is 4.80. The van der Waals surface area contributed by atoms with Gasteiger partial charge in [0.05, 0.1) is 17.1 Å². The second kappa shape index (κ2) is 9.36. The number of rotatable bonds is 8. The second-order valence-corrected chi connectivity index (χ2v) is 10.4. The molecule has 0 unspecified atom stereocenters. The number of carbonyl (C=O) groups is 1. The standard InChI is InChI=1S/C25H27N3O5S/c1-25(2,18-12-13-22-23(14-18)33-17-32-22)26-16-24(29)27-19-8-7-11-21(15-19)34(30,31)28(3)20-9-5-4-6-10-20/h4-15,26H,16-17H2,1-3H3,(H,27,29). The molecule has 0 bridgehead atoms. The van der Waals surface area contributed by atoms with Crippen LogP contribution in [0.1, 0.15) is 19.4 Å². The number of benzene rings is 3. The molecule has 0 aromatic heterocycles. The highest BCUT2D eigenvalue weighted by Gasteiger charge is 2.25. The third-order valence-electron chi connectivity index (χ3n) is 5.68. The maximum absolute atomic E-state index is 13.0. The molecule has 0 aliphatic carbocycles. The minimum atomic E-state index is -3.78. The van der Waals surface area contributed by atoms with Crippen LogP contribution in [0.15, 0.2) is 77.7 Å². The van der Waals surface area contributed by atoms with Gasteiger partial charge in [-0.3, -0.25) is 14.4 Å². The summed E-state index contributed by atoms with van der Waals surface area (Å²) in [6, 6.07) is 20.7. The van der Waals surface area contributed by atoms with Gasteiger partial charge in [-0.15, -0.1) is 0 Å². The van der Waals surface area contributed by atoms with Gasteiger partial charge in [0.15, 0.2) is 11.5 Å². The van der Waals surface area contributed by atoms with Gasteiger partial charge in [0.2, 0.25) is 12.7 Å². The summed E-state index contributed by atoms with van der Waals surface area (Å²) in [6.07, 6.45) is 0. The van der Waals surface area contributed by atoms with E-state index in [0.29, 0.717) is 22.9 Å². The predicted octanol–water partition coefficient (Wildman–Crippen LogP) is 3.70. The van der Waals surface area contributed by atoms with Gasteiger partial charge in [0.25, 0.3) is 10.0 Å². The minimum absolute atomic E-state index is 0.0301. The van der Waals surface area contributed by atoms with Crippen LogP contribution in [-0.4, -0.2) is 34.7 Å². The number of hydrogen-bond acceptors (Lipinski definition) is 6. The lowest BCUT2D eigenvalue weighted by molar-refractivity contribution is -0.115. The van der Waals surface area contributed by atoms with Crippen LogP contribution in [0.3, 0.4) is 0 Å². The van der Waals surface area contributed by atoms with Crippen molar-refractivity contribution < 1.29 is 22.7 Å². The van der Waals surface area contributed by atoms with E-state index in [0.717, 1.165) is 5.56 Å². The molecule has 1 aliphatic rings. The Balaban J connectivity index is 1.41. The normalized spacial score (nSPS) is 12.9. The van der Waals surface area contributed by atoms with Gasteiger partial charge in [0.1, 0.15) is 0 Å². The van der Waals surface area contributed by atoms with Gasteiger partial charge < -0.3 is 14.8 Å². The van der Waals surface area contributed by atoms with E-state index in [-0.39, 0.29) is 24.1 Å². The van der Waals surface area contributed by atoms with Crippen LogP contribution in [0.4, 0.5) is 11.4 Å². The van der Waals surface area contributed by atoms with Gasteiger partial charge in [-0.1, -0.05) is 30.3 Å². The van der Waals surface area contributed by atoms with Crippen LogP contribution < -0.4 is 24.4 Å². The Kier molecular flexibility index (Phi) is 6.49. The second-order valence-electron chi connectivity index (χ2n) is 8.43. The number of para-hydroxylation sites is 1. The summed E-state index contributed by atoms with van der Waals surface area (Å²) in [6.45, 7) is 4.15. The Hall–Kier alpha value is -3.56. The summed E-state index contributed by atoms with van der Waals surface area (Å²) >= 11 is 0. The van der Waals surface area contributed by atoms with Crippen LogP contribution in [0, 0.1) is 0 Å². The SMILES string of the molecule is CN(c1ccccc1)S(=O)(=O)c1cccc(NC(=O)CNC(C)(C)c2ccc3c(c2)OCO3)c1. The molecule has 3 aromatic rings. The summed E-state index contributed by atoms with van der Waals surface area (Å²) < 4.78 is 38.1.